The molecule has 3 aromatic carbocycles. The molecule has 1 saturated heterocycles. The smallest absolute Gasteiger partial charge is 0.257 e. The summed E-state index contributed by atoms with van der Waals surface area (Å²) >= 11 is 0. The van der Waals surface area contributed by atoms with Crippen molar-refractivity contribution >= 4 is 23.4 Å². The number of amides is 3. The Balaban J connectivity index is 1.48. The van der Waals surface area contributed by atoms with Crippen LogP contribution in [0.3, 0.4) is 0 Å². The molecule has 0 saturated carbocycles. The number of nitrogens with zero attached hydrogens (tertiary/aromatic N) is 2. The molecule has 0 aromatic heterocycles. The van der Waals surface area contributed by atoms with E-state index in [1.807, 2.05) is 12.1 Å². The fourth-order valence-electron chi connectivity index (χ4n) is 4.49. The van der Waals surface area contributed by atoms with Crippen molar-refractivity contribution in [2.75, 3.05) is 11.7 Å². The normalized spacial score (nSPS) is 16.7. The fourth-order valence-corrected chi connectivity index (χ4v) is 4.49. The highest BCUT2D eigenvalue weighted by atomic mass is 19.1. The van der Waals surface area contributed by atoms with Crippen LogP contribution in [0, 0.1) is 5.82 Å². The number of carbonyl (C=O) groups is 3. The Hall–Kier alpha value is -4.20. The Labute approximate surface area is 208 Å². The Morgan fingerprint density at radius 3 is 2.47 bits per heavy atom. The molecule has 3 aromatic rings. The molecule has 1 atom stereocenters. The molecule has 0 bridgehead atoms. The van der Waals surface area contributed by atoms with Gasteiger partial charge in [-0.05, 0) is 53.4 Å². The molecule has 2 heterocycles. The van der Waals surface area contributed by atoms with E-state index in [1.165, 1.54) is 23.1 Å². The van der Waals surface area contributed by atoms with Crippen molar-refractivity contribution in [2.45, 2.75) is 38.8 Å². The average molecular weight is 489 g/mol. The first-order chi connectivity index (χ1) is 17.3. The molecule has 7 nitrogen and oxygen atoms in total. The van der Waals surface area contributed by atoms with Gasteiger partial charge in [-0.25, -0.2) is 9.29 Å². The summed E-state index contributed by atoms with van der Waals surface area (Å²) in [7, 11) is 0. The zero-order valence-corrected chi connectivity index (χ0v) is 19.9. The number of hydrogen-bond acceptors (Lipinski definition) is 5. The highest BCUT2D eigenvalue weighted by molar-refractivity contribution is 6.23. The standard InChI is InChI=1S/C28H25FN2O5/c1-17(2)19-8-10-20(11-9-19)31-26(32)14-23(28(31)34)30(27(33)21-5-3-4-6-22(21)29)15-18-7-12-24-25(13-18)36-16-35-24/h3-13,17,23H,14-16H2,1-2H3. The second kappa shape index (κ2) is 9.45. The van der Waals surface area contributed by atoms with Gasteiger partial charge in [-0.15, -0.1) is 0 Å². The number of imide groups is 1. The van der Waals surface area contributed by atoms with Gasteiger partial charge >= 0.3 is 0 Å². The molecule has 2 aliphatic rings. The predicted molar refractivity (Wildman–Crippen MR) is 130 cm³/mol. The van der Waals surface area contributed by atoms with Crippen LogP contribution >= 0.6 is 0 Å². The van der Waals surface area contributed by atoms with Gasteiger partial charge in [-0.3, -0.25) is 14.4 Å². The van der Waals surface area contributed by atoms with Crippen molar-refractivity contribution in [3.8, 4) is 11.5 Å². The van der Waals surface area contributed by atoms with E-state index in [1.54, 1.807) is 36.4 Å². The zero-order chi connectivity index (χ0) is 25.4. The van der Waals surface area contributed by atoms with E-state index in [-0.39, 0.29) is 25.3 Å². The van der Waals surface area contributed by atoms with E-state index in [2.05, 4.69) is 13.8 Å². The molecule has 2 aliphatic heterocycles. The third-order valence-electron chi connectivity index (χ3n) is 6.47. The summed E-state index contributed by atoms with van der Waals surface area (Å²) in [4.78, 5) is 42.5. The maximum Gasteiger partial charge on any atom is 0.257 e. The predicted octanol–water partition coefficient (Wildman–Crippen LogP) is 4.65. The summed E-state index contributed by atoms with van der Waals surface area (Å²) in [6.45, 7) is 4.18. The van der Waals surface area contributed by atoms with Gasteiger partial charge < -0.3 is 14.4 Å². The van der Waals surface area contributed by atoms with Gasteiger partial charge in [-0.1, -0.05) is 44.2 Å². The highest BCUT2D eigenvalue weighted by Crippen LogP contribution is 2.34. The van der Waals surface area contributed by atoms with Gasteiger partial charge in [0.25, 0.3) is 11.8 Å². The van der Waals surface area contributed by atoms with Crippen LogP contribution in [0.25, 0.3) is 0 Å². The SMILES string of the molecule is CC(C)c1ccc(N2C(=O)CC(N(Cc3ccc4c(c3)OCO4)C(=O)c3ccccc3F)C2=O)cc1. The summed E-state index contributed by atoms with van der Waals surface area (Å²) in [5.74, 6) is -0.917. The molecule has 184 valence electrons. The van der Waals surface area contributed by atoms with Gasteiger partial charge in [0.1, 0.15) is 11.9 Å². The van der Waals surface area contributed by atoms with Crippen LogP contribution in [0.1, 0.15) is 47.7 Å². The van der Waals surface area contributed by atoms with Crippen molar-refractivity contribution in [2.24, 2.45) is 0 Å². The third kappa shape index (κ3) is 4.30. The van der Waals surface area contributed by atoms with E-state index in [9.17, 15) is 18.8 Å². The topological polar surface area (TPSA) is 76.2 Å². The molecule has 1 fully saturated rings. The van der Waals surface area contributed by atoms with Crippen LogP contribution in [0.2, 0.25) is 0 Å². The molecular formula is C28H25FN2O5. The van der Waals surface area contributed by atoms with Gasteiger partial charge in [-0.2, -0.15) is 0 Å². The molecule has 3 amide bonds. The first kappa shape index (κ1) is 23.5. The van der Waals surface area contributed by atoms with E-state index in [0.717, 1.165) is 10.5 Å². The van der Waals surface area contributed by atoms with Crippen LogP contribution in [-0.4, -0.2) is 35.5 Å². The van der Waals surface area contributed by atoms with Gasteiger partial charge in [0.05, 0.1) is 17.7 Å². The molecule has 0 radical (unpaired) electrons. The Morgan fingerprint density at radius 1 is 1.03 bits per heavy atom. The third-order valence-corrected chi connectivity index (χ3v) is 6.47. The lowest BCUT2D eigenvalue weighted by atomic mass is 10.0. The first-order valence-electron chi connectivity index (χ1n) is 11.7. The summed E-state index contributed by atoms with van der Waals surface area (Å²) in [5, 5.41) is 0. The molecular weight excluding hydrogens is 463 g/mol. The zero-order valence-electron chi connectivity index (χ0n) is 19.9. The maximum atomic E-state index is 14.6. The van der Waals surface area contributed by atoms with Crippen molar-refractivity contribution < 1.29 is 28.2 Å². The number of ether oxygens (including phenoxy) is 2. The van der Waals surface area contributed by atoms with Gasteiger partial charge in [0.2, 0.25) is 12.7 Å². The summed E-state index contributed by atoms with van der Waals surface area (Å²) < 4.78 is 25.4. The number of benzene rings is 3. The lowest BCUT2D eigenvalue weighted by Crippen LogP contribution is -2.45. The lowest BCUT2D eigenvalue weighted by Gasteiger charge is -2.28. The Bertz CT molecular complexity index is 1340. The Morgan fingerprint density at radius 2 is 1.75 bits per heavy atom. The molecule has 0 aliphatic carbocycles. The summed E-state index contributed by atoms with van der Waals surface area (Å²) in [6.07, 6.45) is -0.199. The van der Waals surface area contributed by atoms with Crippen molar-refractivity contribution in [3.05, 3.63) is 89.2 Å². The van der Waals surface area contributed by atoms with E-state index in [0.29, 0.717) is 28.7 Å². The minimum atomic E-state index is -1.08. The number of halogens is 1. The van der Waals surface area contributed by atoms with E-state index >= 15 is 0 Å². The molecule has 5 rings (SSSR count). The maximum absolute atomic E-state index is 14.6. The second-order valence-corrected chi connectivity index (χ2v) is 9.13. The lowest BCUT2D eigenvalue weighted by molar-refractivity contribution is -0.122. The van der Waals surface area contributed by atoms with Gasteiger partial charge in [0.15, 0.2) is 11.5 Å². The van der Waals surface area contributed by atoms with Crippen molar-refractivity contribution in [3.63, 3.8) is 0 Å². The minimum Gasteiger partial charge on any atom is -0.454 e. The van der Waals surface area contributed by atoms with E-state index < -0.39 is 29.6 Å². The fraction of sp³-hybridized carbons (Fsp3) is 0.250. The average Bonchev–Trinajstić information content (AvgIpc) is 3.45. The summed E-state index contributed by atoms with van der Waals surface area (Å²) in [5.41, 5.74) is 2.01. The Kier molecular flexibility index (Phi) is 6.18. The molecule has 36 heavy (non-hydrogen) atoms. The molecule has 8 heteroatoms. The number of anilines is 1. The number of carbonyl (C=O) groups excluding carboxylic acids is 3. The number of fused-ring (bicyclic) bond motifs is 1. The highest BCUT2D eigenvalue weighted by Gasteiger charge is 2.45. The summed E-state index contributed by atoms with van der Waals surface area (Å²) in [6, 6.07) is 16.9. The van der Waals surface area contributed by atoms with Crippen LogP contribution in [0.5, 0.6) is 11.5 Å². The monoisotopic (exact) mass is 488 g/mol. The largest absolute Gasteiger partial charge is 0.454 e. The van der Waals surface area contributed by atoms with Gasteiger partial charge in [0, 0.05) is 6.54 Å². The van der Waals surface area contributed by atoms with Crippen LogP contribution in [0.15, 0.2) is 66.7 Å². The van der Waals surface area contributed by atoms with Crippen LogP contribution in [-0.2, 0) is 16.1 Å². The molecule has 0 N–H and O–H groups in total. The minimum absolute atomic E-state index is 0.0202. The number of rotatable bonds is 6. The van der Waals surface area contributed by atoms with Crippen LogP contribution < -0.4 is 14.4 Å². The second-order valence-electron chi connectivity index (χ2n) is 9.13. The quantitative estimate of drug-likeness (QED) is 0.472. The van der Waals surface area contributed by atoms with Crippen molar-refractivity contribution in [1.29, 1.82) is 0 Å². The van der Waals surface area contributed by atoms with E-state index in [4.69, 9.17) is 9.47 Å². The molecule has 1 unspecified atom stereocenters. The molecule has 0 spiro atoms. The van der Waals surface area contributed by atoms with Crippen molar-refractivity contribution in [1.82, 2.24) is 4.90 Å². The number of hydrogen-bond donors (Lipinski definition) is 0. The van der Waals surface area contributed by atoms with Crippen LogP contribution in [0.4, 0.5) is 10.1 Å². The first-order valence-corrected chi connectivity index (χ1v) is 11.7.